The molecule has 0 aliphatic rings. The van der Waals surface area contributed by atoms with Crippen LogP contribution >= 0.6 is 11.8 Å². The summed E-state index contributed by atoms with van der Waals surface area (Å²) in [6.07, 6.45) is 1.18. The van der Waals surface area contributed by atoms with Crippen LogP contribution in [-0.2, 0) is 4.74 Å². The fraction of sp³-hybridized carbons (Fsp3) is 0.750. The largest absolute Gasteiger partial charge is 0.390 e. The molecule has 76 valence electrons. The summed E-state index contributed by atoms with van der Waals surface area (Å²) < 4.78 is 5.04. The minimum Gasteiger partial charge on any atom is -0.390 e. The van der Waals surface area contributed by atoms with Crippen molar-refractivity contribution < 1.29 is 9.84 Å². The highest BCUT2D eigenvalue weighted by atomic mass is 32.2. The average molecular weight is 204 g/mol. The van der Waals surface area contributed by atoms with Crippen LogP contribution in [0.1, 0.15) is 13.8 Å². The van der Waals surface area contributed by atoms with Gasteiger partial charge in [-0.05, 0) is 13.8 Å². The molecule has 0 spiro atoms. The van der Waals surface area contributed by atoms with Gasteiger partial charge in [0.2, 0.25) is 0 Å². The lowest BCUT2D eigenvalue weighted by molar-refractivity contribution is 0.0552. The SMILES string of the molecule is CC=NN=CSCC(O)COCC. The zero-order valence-corrected chi connectivity index (χ0v) is 8.83. The molecule has 0 heterocycles. The standard InChI is InChI=1S/C8H16N2O2S/c1-3-9-10-7-13-6-8(11)5-12-4-2/h3,7-8,11H,4-6H2,1-2H3. The van der Waals surface area contributed by atoms with Gasteiger partial charge in [-0.25, -0.2) is 0 Å². The predicted molar refractivity (Wildman–Crippen MR) is 57.6 cm³/mol. The molecule has 5 heteroatoms. The average Bonchev–Trinajstić information content (AvgIpc) is 2.14. The van der Waals surface area contributed by atoms with Crippen LogP contribution in [0.4, 0.5) is 0 Å². The second-order valence-corrected chi connectivity index (χ2v) is 3.12. The number of nitrogens with zero attached hydrogens (tertiary/aromatic N) is 2. The summed E-state index contributed by atoms with van der Waals surface area (Å²) in [6.45, 7) is 4.72. The van der Waals surface area contributed by atoms with Gasteiger partial charge in [0.25, 0.3) is 0 Å². The number of thioether (sulfide) groups is 1. The van der Waals surface area contributed by atoms with Crippen LogP contribution in [0, 0.1) is 0 Å². The maximum atomic E-state index is 9.29. The summed E-state index contributed by atoms with van der Waals surface area (Å²) >= 11 is 1.42. The lowest BCUT2D eigenvalue weighted by atomic mass is 10.4. The van der Waals surface area contributed by atoms with Gasteiger partial charge < -0.3 is 9.84 Å². The first kappa shape index (κ1) is 12.6. The Hall–Kier alpha value is -0.390. The maximum absolute atomic E-state index is 9.29. The minimum absolute atomic E-state index is 0.383. The van der Waals surface area contributed by atoms with Gasteiger partial charge in [-0.15, -0.1) is 11.8 Å². The zero-order chi connectivity index (χ0) is 9.94. The van der Waals surface area contributed by atoms with Crippen molar-refractivity contribution in [2.45, 2.75) is 20.0 Å². The number of aliphatic hydroxyl groups excluding tert-OH is 1. The highest BCUT2D eigenvalue weighted by molar-refractivity contribution is 8.12. The van der Waals surface area contributed by atoms with Crippen molar-refractivity contribution in [1.29, 1.82) is 0 Å². The summed E-state index contributed by atoms with van der Waals surface area (Å²) in [5, 5.41) is 16.6. The summed E-state index contributed by atoms with van der Waals surface area (Å²) in [5.41, 5.74) is 1.61. The van der Waals surface area contributed by atoms with E-state index in [2.05, 4.69) is 10.2 Å². The number of ether oxygens (including phenoxy) is 1. The van der Waals surface area contributed by atoms with Crippen molar-refractivity contribution in [1.82, 2.24) is 0 Å². The molecule has 1 unspecified atom stereocenters. The first-order valence-electron chi connectivity index (χ1n) is 4.18. The minimum atomic E-state index is -0.429. The molecule has 0 amide bonds. The first-order chi connectivity index (χ1) is 6.31. The molecule has 1 N–H and O–H groups in total. The molecule has 0 rings (SSSR count). The Morgan fingerprint density at radius 1 is 1.54 bits per heavy atom. The van der Waals surface area contributed by atoms with E-state index in [1.807, 2.05) is 6.92 Å². The molecule has 0 fully saturated rings. The van der Waals surface area contributed by atoms with Crippen molar-refractivity contribution in [2.24, 2.45) is 10.2 Å². The van der Waals surface area contributed by atoms with Crippen molar-refractivity contribution in [3.8, 4) is 0 Å². The van der Waals surface area contributed by atoms with Gasteiger partial charge in [0.1, 0.15) is 0 Å². The molecular weight excluding hydrogens is 188 g/mol. The molecule has 0 saturated carbocycles. The van der Waals surface area contributed by atoms with E-state index in [0.717, 1.165) is 0 Å². The van der Waals surface area contributed by atoms with Crippen LogP contribution in [0.2, 0.25) is 0 Å². The highest BCUT2D eigenvalue weighted by Crippen LogP contribution is 1.99. The van der Waals surface area contributed by atoms with E-state index in [-0.39, 0.29) is 0 Å². The van der Waals surface area contributed by atoms with Gasteiger partial charge >= 0.3 is 0 Å². The van der Waals surface area contributed by atoms with Gasteiger partial charge in [0.15, 0.2) is 0 Å². The van der Waals surface area contributed by atoms with Gasteiger partial charge in [-0.3, -0.25) is 0 Å². The summed E-state index contributed by atoms with van der Waals surface area (Å²) in [5.74, 6) is 0.586. The van der Waals surface area contributed by atoms with Crippen molar-refractivity contribution in [3.05, 3.63) is 0 Å². The molecule has 1 atom stereocenters. The van der Waals surface area contributed by atoms with Crippen LogP contribution in [0.15, 0.2) is 10.2 Å². The van der Waals surface area contributed by atoms with E-state index >= 15 is 0 Å². The Morgan fingerprint density at radius 2 is 2.31 bits per heavy atom. The molecule has 0 aromatic heterocycles. The number of rotatable bonds is 7. The van der Waals surface area contributed by atoms with E-state index < -0.39 is 6.10 Å². The Balaban J connectivity index is 3.30. The zero-order valence-electron chi connectivity index (χ0n) is 8.01. The summed E-state index contributed by atoms with van der Waals surface area (Å²) in [7, 11) is 0. The maximum Gasteiger partial charge on any atom is 0.0867 e. The third-order valence-corrected chi connectivity index (χ3v) is 1.93. The second kappa shape index (κ2) is 9.70. The molecule has 4 nitrogen and oxygen atoms in total. The van der Waals surface area contributed by atoms with E-state index in [1.54, 1.807) is 18.7 Å². The number of aliphatic hydroxyl groups is 1. The molecule has 0 bridgehead atoms. The van der Waals surface area contributed by atoms with Crippen LogP contribution < -0.4 is 0 Å². The van der Waals surface area contributed by atoms with Gasteiger partial charge in [0.05, 0.1) is 18.3 Å². The summed E-state index contributed by atoms with van der Waals surface area (Å²) in [4.78, 5) is 0. The second-order valence-electron chi connectivity index (χ2n) is 2.24. The third kappa shape index (κ3) is 9.52. The smallest absolute Gasteiger partial charge is 0.0867 e. The third-order valence-electron chi connectivity index (χ3n) is 1.11. The first-order valence-corrected chi connectivity index (χ1v) is 5.23. The van der Waals surface area contributed by atoms with Crippen LogP contribution in [0.3, 0.4) is 0 Å². The van der Waals surface area contributed by atoms with Gasteiger partial charge in [-0.1, -0.05) is 0 Å². The number of hydrogen-bond donors (Lipinski definition) is 1. The lowest BCUT2D eigenvalue weighted by Gasteiger charge is -2.07. The number of hydrogen-bond acceptors (Lipinski definition) is 5. The van der Waals surface area contributed by atoms with Crippen molar-refractivity contribution >= 4 is 23.5 Å². The Morgan fingerprint density at radius 3 is 2.92 bits per heavy atom. The predicted octanol–water partition coefficient (Wildman–Crippen LogP) is 1.15. The van der Waals surface area contributed by atoms with Crippen LogP contribution in [0.25, 0.3) is 0 Å². The normalized spacial score (nSPS) is 14.4. The van der Waals surface area contributed by atoms with E-state index in [1.165, 1.54) is 11.8 Å². The Bertz CT molecular complexity index is 162. The van der Waals surface area contributed by atoms with E-state index in [4.69, 9.17) is 4.74 Å². The molecule has 0 aliphatic heterocycles. The molecule has 0 radical (unpaired) electrons. The van der Waals surface area contributed by atoms with E-state index in [9.17, 15) is 5.11 Å². The Labute approximate surface area is 83.1 Å². The van der Waals surface area contributed by atoms with Gasteiger partial charge in [-0.2, -0.15) is 10.2 Å². The highest BCUT2D eigenvalue weighted by Gasteiger charge is 2.01. The van der Waals surface area contributed by atoms with Crippen LogP contribution in [-0.4, -0.2) is 41.9 Å². The molecule has 13 heavy (non-hydrogen) atoms. The molecule has 0 saturated heterocycles. The quantitative estimate of drug-likeness (QED) is 0.384. The monoisotopic (exact) mass is 204 g/mol. The topological polar surface area (TPSA) is 54.2 Å². The van der Waals surface area contributed by atoms with Crippen molar-refractivity contribution in [3.63, 3.8) is 0 Å². The Kier molecular flexibility index (Phi) is 9.41. The lowest BCUT2D eigenvalue weighted by Crippen LogP contribution is -2.17. The van der Waals surface area contributed by atoms with Crippen LogP contribution in [0.5, 0.6) is 0 Å². The summed E-state index contributed by atoms with van der Waals surface area (Å²) in [6, 6.07) is 0. The van der Waals surface area contributed by atoms with Gasteiger partial charge in [0, 0.05) is 18.6 Å². The molecular formula is C8H16N2O2S. The van der Waals surface area contributed by atoms with Crippen molar-refractivity contribution in [2.75, 3.05) is 19.0 Å². The fourth-order valence-electron chi connectivity index (χ4n) is 0.583. The fourth-order valence-corrected chi connectivity index (χ4v) is 1.11. The van der Waals surface area contributed by atoms with E-state index in [0.29, 0.717) is 19.0 Å². The molecule has 0 aromatic rings. The molecule has 0 aliphatic carbocycles. The molecule has 0 aromatic carbocycles.